The van der Waals surface area contributed by atoms with Gasteiger partial charge in [0.15, 0.2) is 0 Å². The molecule has 136 valence electrons. The SMILES string of the molecule is Cc1cc(C(=O)Nc2ccc(C(F)(F)F)cc2)ccc1N1CCNC1=O. The van der Waals surface area contributed by atoms with E-state index >= 15 is 0 Å². The van der Waals surface area contributed by atoms with Crippen LogP contribution in [0, 0.1) is 6.92 Å². The maximum absolute atomic E-state index is 12.6. The average Bonchev–Trinajstić information content (AvgIpc) is 3.00. The van der Waals surface area contributed by atoms with E-state index in [2.05, 4.69) is 10.6 Å². The van der Waals surface area contributed by atoms with Crippen LogP contribution in [0.2, 0.25) is 0 Å². The number of benzene rings is 2. The van der Waals surface area contributed by atoms with Crippen LogP contribution in [0.5, 0.6) is 0 Å². The smallest absolute Gasteiger partial charge is 0.336 e. The highest BCUT2D eigenvalue weighted by Crippen LogP contribution is 2.30. The number of hydrogen-bond acceptors (Lipinski definition) is 2. The van der Waals surface area contributed by atoms with E-state index in [0.717, 1.165) is 17.7 Å². The van der Waals surface area contributed by atoms with Gasteiger partial charge in [-0.25, -0.2) is 4.79 Å². The van der Waals surface area contributed by atoms with Crippen LogP contribution in [0.4, 0.5) is 29.3 Å². The van der Waals surface area contributed by atoms with Crippen molar-refractivity contribution in [1.82, 2.24) is 5.32 Å². The second-order valence-electron chi connectivity index (χ2n) is 5.91. The number of carbonyl (C=O) groups is 2. The summed E-state index contributed by atoms with van der Waals surface area (Å²) < 4.78 is 37.7. The molecule has 0 radical (unpaired) electrons. The van der Waals surface area contributed by atoms with Crippen molar-refractivity contribution in [2.75, 3.05) is 23.3 Å². The van der Waals surface area contributed by atoms with Crippen molar-refractivity contribution < 1.29 is 22.8 Å². The molecule has 0 unspecified atom stereocenters. The number of alkyl halides is 3. The molecular weight excluding hydrogens is 347 g/mol. The molecule has 1 aliphatic rings. The first-order valence-electron chi connectivity index (χ1n) is 7.90. The molecule has 2 N–H and O–H groups in total. The quantitative estimate of drug-likeness (QED) is 0.871. The highest BCUT2D eigenvalue weighted by Gasteiger charge is 2.30. The summed E-state index contributed by atoms with van der Waals surface area (Å²) in [5, 5.41) is 5.27. The molecule has 3 amide bonds. The topological polar surface area (TPSA) is 61.4 Å². The fourth-order valence-corrected chi connectivity index (χ4v) is 2.75. The van der Waals surface area contributed by atoms with Crippen LogP contribution >= 0.6 is 0 Å². The fourth-order valence-electron chi connectivity index (χ4n) is 2.75. The molecule has 1 heterocycles. The third kappa shape index (κ3) is 3.63. The Labute approximate surface area is 147 Å². The van der Waals surface area contributed by atoms with E-state index in [4.69, 9.17) is 0 Å². The number of halogens is 3. The molecule has 26 heavy (non-hydrogen) atoms. The summed E-state index contributed by atoms with van der Waals surface area (Å²) in [5.74, 6) is -0.440. The zero-order valence-electron chi connectivity index (χ0n) is 13.9. The highest BCUT2D eigenvalue weighted by molar-refractivity contribution is 6.05. The van der Waals surface area contributed by atoms with E-state index in [1.807, 2.05) is 0 Å². The van der Waals surface area contributed by atoms with Crippen molar-refractivity contribution in [2.24, 2.45) is 0 Å². The minimum Gasteiger partial charge on any atom is -0.336 e. The Balaban J connectivity index is 1.74. The van der Waals surface area contributed by atoms with Crippen molar-refractivity contribution in [3.05, 3.63) is 59.2 Å². The Morgan fingerprint density at radius 1 is 1.15 bits per heavy atom. The number of hydrogen-bond donors (Lipinski definition) is 2. The standard InChI is InChI=1S/C18H16F3N3O2/c1-11-10-12(2-7-15(11)24-9-8-22-17(24)26)16(25)23-14-5-3-13(4-6-14)18(19,20)21/h2-7,10H,8-9H2,1H3,(H,22,26)(H,23,25). The molecule has 5 nitrogen and oxygen atoms in total. The number of nitrogens with zero attached hydrogens (tertiary/aromatic N) is 1. The summed E-state index contributed by atoms with van der Waals surface area (Å²) >= 11 is 0. The number of urea groups is 1. The van der Waals surface area contributed by atoms with Crippen molar-refractivity contribution in [1.29, 1.82) is 0 Å². The molecule has 0 spiro atoms. The van der Waals surface area contributed by atoms with E-state index in [9.17, 15) is 22.8 Å². The maximum Gasteiger partial charge on any atom is 0.416 e. The number of anilines is 2. The van der Waals surface area contributed by atoms with Gasteiger partial charge in [0.2, 0.25) is 0 Å². The van der Waals surface area contributed by atoms with Crippen molar-refractivity contribution in [3.63, 3.8) is 0 Å². The first-order chi connectivity index (χ1) is 12.3. The predicted molar refractivity (Wildman–Crippen MR) is 91.3 cm³/mol. The van der Waals surface area contributed by atoms with Gasteiger partial charge in [0.05, 0.1) is 5.56 Å². The van der Waals surface area contributed by atoms with Crippen LogP contribution in [0.3, 0.4) is 0 Å². The Hall–Kier alpha value is -3.03. The molecule has 0 aliphatic carbocycles. The molecule has 1 fully saturated rings. The van der Waals surface area contributed by atoms with Gasteiger partial charge in [0, 0.05) is 30.0 Å². The molecule has 1 aliphatic heterocycles. The predicted octanol–water partition coefficient (Wildman–Crippen LogP) is 3.80. The van der Waals surface area contributed by atoms with E-state index in [-0.39, 0.29) is 11.7 Å². The van der Waals surface area contributed by atoms with Crippen LogP contribution in [0.1, 0.15) is 21.5 Å². The summed E-state index contributed by atoms with van der Waals surface area (Å²) in [6.45, 7) is 2.90. The van der Waals surface area contributed by atoms with Gasteiger partial charge in [-0.3, -0.25) is 9.69 Å². The normalized spacial score (nSPS) is 14.3. The lowest BCUT2D eigenvalue weighted by atomic mass is 10.1. The average molecular weight is 363 g/mol. The Morgan fingerprint density at radius 3 is 2.38 bits per heavy atom. The van der Waals surface area contributed by atoms with Gasteiger partial charge < -0.3 is 10.6 Å². The lowest BCUT2D eigenvalue weighted by molar-refractivity contribution is -0.137. The van der Waals surface area contributed by atoms with Gasteiger partial charge >= 0.3 is 12.2 Å². The summed E-state index contributed by atoms with van der Waals surface area (Å²) in [5.41, 5.74) is 1.31. The Kier molecular flexibility index (Phi) is 4.58. The Morgan fingerprint density at radius 2 is 1.85 bits per heavy atom. The molecule has 2 aromatic carbocycles. The van der Waals surface area contributed by atoms with Gasteiger partial charge in [-0.15, -0.1) is 0 Å². The zero-order chi connectivity index (χ0) is 18.9. The summed E-state index contributed by atoms with van der Waals surface area (Å²) in [4.78, 5) is 25.6. The molecule has 2 aromatic rings. The van der Waals surface area contributed by atoms with Gasteiger partial charge in [-0.2, -0.15) is 13.2 Å². The van der Waals surface area contributed by atoms with Crippen molar-refractivity contribution in [2.45, 2.75) is 13.1 Å². The summed E-state index contributed by atoms with van der Waals surface area (Å²) in [7, 11) is 0. The second kappa shape index (κ2) is 6.70. The maximum atomic E-state index is 12.6. The largest absolute Gasteiger partial charge is 0.416 e. The lowest BCUT2D eigenvalue weighted by Gasteiger charge is -2.17. The third-order valence-electron chi connectivity index (χ3n) is 4.08. The Bertz CT molecular complexity index is 848. The molecular formula is C18H16F3N3O2. The minimum atomic E-state index is -4.42. The van der Waals surface area contributed by atoms with Gasteiger partial charge in [0.25, 0.3) is 5.91 Å². The zero-order valence-corrected chi connectivity index (χ0v) is 13.9. The van der Waals surface area contributed by atoms with Gasteiger partial charge in [-0.05, 0) is 55.0 Å². The molecule has 0 saturated carbocycles. The molecule has 1 saturated heterocycles. The van der Waals surface area contributed by atoms with E-state index < -0.39 is 17.6 Å². The second-order valence-corrected chi connectivity index (χ2v) is 5.91. The third-order valence-corrected chi connectivity index (χ3v) is 4.08. The number of aryl methyl sites for hydroxylation is 1. The van der Waals surface area contributed by atoms with Crippen LogP contribution in [0.15, 0.2) is 42.5 Å². The van der Waals surface area contributed by atoms with Gasteiger partial charge in [0.1, 0.15) is 0 Å². The molecule has 0 aromatic heterocycles. The lowest BCUT2D eigenvalue weighted by Crippen LogP contribution is -2.28. The molecule has 8 heteroatoms. The van der Waals surface area contributed by atoms with Crippen molar-refractivity contribution >= 4 is 23.3 Å². The van der Waals surface area contributed by atoms with Crippen LogP contribution in [-0.4, -0.2) is 25.0 Å². The number of nitrogens with one attached hydrogen (secondary N) is 2. The van der Waals surface area contributed by atoms with Crippen LogP contribution in [0.25, 0.3) is 0 Å². The number of rotatable bonds is 3. The number of carbonyl (C=O) groups excluding carboxylic acids is 2. The van der Waals surface area contributed by atoms with Crippen LogP contribution in [-0.2, 0) is 6.18 Å². The monoisotopic (exact) mass is 363 g/mol. The minimum absolute atomic E-state index is 0.185. The van der Waals surface area contributed by atoms with Gasteiger partial charge in [-0.1, -0.05) is 0 Å². The van der Waals surface area contributed by atoms with E-state index in [0.29, 0.717) is 24.3 Å². The fraction of sp³-hybridized carbons (Fsp3) is 0.222. The van der Waals surface area contributed by atoms with E-state index in [1.165, 1.54) is 12.1 Å². The summed E-state index contributed by atoms with van der Waals surface area (Å²) in [6.07, 6.45) is -4.42. The number of amides is 3. The summed E-state index contributed by atoms with van der Waals surface area (Å²) in [6, 6.07) is 8.95. The molecule has 0 bridgehead atoms. The van der Waals surface area contributed by atoms with Crippen LogP contribution < -0.4 is 15.5 Å². The first kappa shape index (κ1) is 17.8. The molecule has 0 atom stereocenters. The highest BCUT2D eigenvalue weighted by atomic mass is 19.4. The first-order valence-corrected chi connectivity index (χ1v) is 7.90. The van der Waals surface area contributed by atoms with E-state index in [1.54, 1.807) is 30.0 Å². The molecule has 3 rings (SSSR count). The van der Waals surface area contributed by atoms with Crippen molar-refractivity contribution in [3.8, 4) is 0 Å².